The van der Waals surface area contributed by atoms with Crippen molar-refractivity contribution in [2.75, 3.05) is 0 Å². The van der Waals surface area contributed by atoms with Gasteiger partial charge >= 0.3 is 11.9 Å². The molecular formula is C9H6NO+. The van der Waals surface area contributed by atoms with Crippen molar-refractivity contribution in [3.05, 3.63) is 41.1 Å². The van der Waals surface area contributed by atoms with Crippen LogP contribution in [0.4, 0.5) is 5.69 Å². The fourth-order valence-electron chi connectivity index (χ4n) is 1.07. The lowest BCUT2D eigenvalue weighted by Gasteiger charge is -1.99. The molecule has 0 bridgehead atoms. The second kappa shape index (κ2) is 2.19. The molecule has 0 spiro atoms. The maximum atomic E-state index is 11.1. The second-order valence-corrected chi connectivity index (χ2v) is 2.32. The van der Waals surface area contributed by atoms with Gasteiger partial charge in [-0.3, -0.25) is 0 Å². The van der Waals surface area contributed by atoms with Gasteiger partial charge in [-0.05, 0) is 6.07 Å². The zero-order valence-corrected chi connectivity index (χ0v) is 5.82. The number of allylic oxidation sites excluding steroid dienone is 1. The van der Waals surface area contributed by atoms with Crippen LogP contribution in [0.2, 0.25) is 0 Å². The molecule has 0 N–H and O–H groups in total. The van der Waals surface area contributed by atoms with Gasteiger partial charge in [0, 0.05) is 12.1 Å². The minimum Gasteiger partial charge on any atom is -0.615 e. The predicted octanol–water partition coefficient (Wildman–Crippen LogP) is 1.73. The van der Waals surface area contributed by atoms with Gasteiger partial charge in [0.25, 0.3) is 0 Å². The van der Waals surface area contributed by atoms with Gasteiger partial charge in [-0.25, -0.2) is 0 Å². The van der Waals surface area contributed by atoms with Crippen LogP contribution in [0.5, 0.6) is 0 Å². The molecular weight excluding hydrogens is 138 g/mol. The van der Waals surface area contributed by atoms with Gasteiger partial charge in [0.2, 0.25) is 0 Å². The first-order valence-electron chi connectivity index (χ1n) is 3.36. The Morgan fingerprint density at radius 1 is 1.27 bits per heavy atom. The van der Waals surface area contributed by atoms with E-state index in [9.17, 15) is 5.21 Å². The van der Waals surface area contributed by atoms with Crippen LogP contribution in [0, 0.1) is 11.3 Å². The molecule has 0 saturated heterocycles. The third-order valence-electron chi connectivity index (χ3n) is 1.60. The molecule has 2 nitrogen and oxygen atoms in total. The standard InChI is InChI=1S/C9H6NO/c11-10-7-3-5-8-4-1-2-6-9(8)10/h1-2,4-7H/q+1. The number of benzene rings is 1. The molecule has 1 heterocycles. The van der Waals surface area contributed by atoms with Crippen LogP contribution in [0.15, 0.2) is 24.3 Å². The summed E-state index contributed by atoms with van der Waals surface area (Å²) in [4.78, 5) is 0. The molecule has 2 heteroatoms. The molecule has 1 aromatic carbocycles. The summed E-state index contributed by atoms with van der Waals surface area (Å²) in [6.45, 7) is 0. The molecule has 0 radical (unpaired) electrons. The Hall–Kier alpha value is -1.66. The smallest absolute Gasteiger partial charge is 0.325 e. The van der Waals surface area contributed by atoms with Gasteiger partial charge in [-0.15, -0.1) is 4.74 Å². The van der Waals surface area contributed by atoms with Crippen LogP contribution in [-0.2, 0) is 0 Å². The van der Waals surface area contributed by atoms with Gasteiger partial charge < -0.3 is 5.21 Å². The highest BCUT2D eigenvalue weighted by Crippen LogP contribution is 2.20. The summed E-state index contributed by atoms with van der Waals surface area (Å²) in [5.41, 5.74) is 1.61. The van der Waals surface area contributed by atoms with E-state index < -0.39 is 0 Å². The summed E-state index contributed by atoms with van der Waals surface area (Å²) in [5, 5.41) is 11.1. The number of hydrogen-bond acceptors (Lipinski definition) is 1. The van der Waals surface area contributed by atoms with E-state index in [1.54, 1.807) is 12.1 Å². The topological polar surface area (TPSA) is 26.1 Å². The summed E-state index contributed by atoms with van der Waals surface area (Å²) in [6, 6.07) is 7.42. The molecule has 0 unspecified atom stereocenters. The molecule has 2 rings (SSSR count). The maximum absolute atomic E-state index is 11.1. The Labute approximate surface area is 64.7 Å². The number of nitrogens with zero attached hydrogens (tertiary/aromatic N) is 1. The third-order valence-corrected chi connectivity index (χ3v) is 1.60. The molecule has 0 aromatic heterocycles. The molecule has 1 aromatic rings. The highest BCUT2D eigenvalue weighted by atomic mass is 16.5. The van der Waals surface area contributed by atoms with Gasteiger partial charge in [-0.2, -0.15) is 0 Å². The molecule has 0 atom stereocenters. The van der Waals surface area contributed by atoms with Crippen LogP contribution < -0.4 is 0 Å². The van der Waals surface area contributed by atoms with E-state index in [1.165, 1.54) is 6.21 Å². The fraction of sp³-hybridized carbons (Fsp3) is 0. The lowest BCUT2D eigenvalue weighted by molar-refractivity contribution is -0.355. The lowest BCUT2D eigenvalue weighted by Crippen LogP contribution is -2.00. The molecule has 0 amide bonds. The van der Waals surface area contributed by atoms with Gasteiger partial charge in [0.15, 0.2) is 17.7 Å². The Bertz CT molecular complexity index is 339. The Morgan fingerprint density at radius 2 is 2.09 bits per heavy atom. The Kier molecular flexibility index (Phi) is 1.21. The summed E-state index contributed by atoms with van der Waals surface area (Å²) < 4.78 is 0.815. The van der Waals surface area contributed by atoms with Crippen molar-refractivity contribution in [3.63, 3.8) is 0 Å². The molecule has 52 valence electrons. The minimum atomic E-state index is 0.686. The normalized spacial score (nSPS) is 13.3. The monoisotopic (exact) mass is 144 g/mol. The van der Waals surface area contributed by atoms with Crippen molar-refractivity contribution >= 4 is 18.0 Å². The molecule has 11 heavy (non-hydrogen) atoms. The quantitative estimate of drug-likeness (QED) is 0.309. The van der Waals surface area contributed by atoms with Crippen LogP contribution in [0.25, 0.3) is 6.08 Å². The Morgan fingerprint density at radius 3 is 2.91 bits per heavy atom. The van der Waals surface area contributed by atoms with Crippen molar-refractivity contribution in [2.45, 2.75) is 0 Å². The van der Waals surface area contributed by atoms with Crippen molar-refractivity contribution in [1.82, 2.24) is 0 Å². The van der Waals surface area contributed by atoms with Gasteiger partial charge in [-0.1, -0.05) is 6.07 Å². The molecule has 1 aliphatic heterocycles. The van der Waals surface area contributed by atoms with Gasteiger partial charge in [0.1, 0.15) is 0 Å². The van der Waals surface area contributed by atoms with E-state index in [1.807, 2.05) is 18.2 Å². The van der Waals surface area contributed by atoms with Crippen molar-refractivity contribution < 1.29 is 4.74 Å². The van der Waals surface area contributed by atoms with E-state index in [0.29, 0.717) is 5.69 Å². The highest BCUT2D eigenvalue weighted by molar-refractivity contribution is 5.77. The maximum Gasteiger partial charge on any atom is 0.325 e. The van der Waals surface area contributed by atoms with Crippen LogP contribution in [0.1, 0.15) is 5.56 Å². The minimum absolute atomic E-state index is 0.686. The highest BCUT2D eigenvalue weighted by Gasteiger charge is 2.18. The van der Waals surface area contributed by atoms with Gasteiger partial charge in [0.05, 0.1) is 0 Å². The predicted molar refractivity (Wildman–Crippen MR) is 43.5 cm³/mol. The number of hydrogen-bond donors (Lipinski definition) is 0. The summed E-state index contributed by atoms with van der Waals surface area (Å²) in [7, 11) is 0. The first-order valence-corrected chi connectivity index (χ1v) is 3.36. The zero-order chi connectivity index (χ0) is 7.68. The lowest BCUT2D eigenvalue weighted by atomic mass is 10.1. The van der Waals surface area contributed by atoms with E-state index >= 15 is 0 Å². The van der Waals surface area contributed by atoms with Crippen LogP contribution >= 0.6 is 0 Å². The van der Waals surface area contributed by atoms with E-state index in [0.717, 1.165) is 10.3 Å². The summed E-state index contributed by atoms with van der Waals surface area (Å²) in [5.74, 6) is 0. The number of para-hydroxylation sites is 1. The van der Waals surface area contributed by atoms with Crippen molar-refractivity contribution in [1.29, 1.82) is 0 Å². The van der Waals surface area contributed by atoms with Crippen molar-refractivity contribution in [3.8, 4) is 0 Å². The Balaban J connectivity index is 2.67. The van der Waals surface area contributed by atoms with Crippen LogP contribution in [0.3, 0.4) is 0 Å². The average molecular weight is 144 g/mol. The number of rotatable bonds is 0. The fourth-order valence-corrected chi connectivity index (χ4v) is 1.07. The first-order chi connectivity index (χ1) is 5.38. The van der Waals surface area contributed by atoms with E-state index in [4.69, 9.17) is 0 Å². The third kappa shape index (κ3) is 0.896. The SMILES string of the molecule is [O-][N+]1=C[C+]=Cc2ccccc21. The average Bonchev–Trinajstić information content (AvgIpc) is 2.06. The zero-order valence-electron chi connectivity index (χ0n) is 5.82. The molecule has 0 aliphatic carbocycles. The van der Waals surface area contributed by atoms with E-state index in [2.05, 4.69) is 6.08 Å². The molecule has 1 aliphatic rings. The molecule has 0 fully saturated rings. The largest absolute Gasteiger partial charge is 0.615 e. The summed E-state index contributed by atoms with van der Waals surface area (Å²) >= 11 is 0. The second-order valence-electron chi connectivity index (χ2n) is 2.32. The summed E-state index contributed by atoms with van der Waals surface area (Å²) in [6.07, 6.45) is 5.93. The van der Waals surface area contributed by atoms with E-state index in [-0.39, 0.29) is 0 Å². The first kappa shape index (κ1) is 6.08. The number of fused-ring (bicyclic) bond motifs is 1. The van der Waals surface area contributed by atoms with Crippen molar-refractivity contribution in [2.24, 2.45) is 0 Å². The molecule has 0 saturated carbocycles. The van der Waals surface area contributed by atoms with Crippen LogP contribution in [-0.4, -0.2) is 11.0 Å².